The molecule has 1 heterocycles. The molecule has 0 saturated heterocycles. The van der Waals surface area contributed by atoms with E-state index < -0.39 is 0 Å². The van der Waals surface area contributed by atoms with Crippen LogP contribution in [-0.2, 0) is 4.79 Å². The van der Waals surface area contributed by atoms with Crippen LogP contribution in [0.4, 0.5) is 0 Å². The Morgan fingerprint density at radius 2 is 1.75 bits per heavy atom. The standard InChI is InChI=1S/C23H17Br2N5OS/c24-18-11-9-17(10-12-18)22-28-29-23(30(22)20-7-2-1-3-8-20)32-15-21(31)27-26-14-16-5-4-6-19(25)13-16/h1-14H,15H2,(H,27,31)/b26-14-. The van der Waals surface area contributed by atoms with Crippen molar-refractivity contribution < 1.29 is 4.79 Å². The highest BCUT2D eigenvalue weighted by atomic mass is 79.9. The lowest BCUT2D eigenvalue weighted by Gasteiger charge is -2.10. The summed E-state index contributed by atoms with van der Waals surface area (Å²) in [6.45, 7) is 0. The zero-order chi connectivity index (χ0) is 22.3. The maximum Gasteiger partial charge on any atom is 0.250 e. The molecule has 0 spiro atoms. The van der Waals surface area contributed by atoms with Crippen molar-refractivity contribution in [3.63, 3.8) is 0 Å². The van der Waals surface area contributed by atoms with Gasteiger partial charge in [-0.25, -0.2) is 5.43 Å². The van der Waals surface area contributed by atoms with Crippen LogP contribution in [0.3, 0.4) is 0 Å². The largest absolute Gasteiger partial charge is 0.272 e. The number of nitrogens with one attached hydrogen (secondary N) is 1. The highest BCUT2D eigenvalue weighted by Crippen LogP contribution is 2.28. The molecule has 32 heavy (non-hydrogen) atoms. The Bertz CT molecular complexity index is 1240. The molecule has 0 radical (unpaired) electrons. The molecule has 0 atom stereocenters. The van der Waals surface area contributed by atoms with Gasteiger partial charge >= 0.3 is 0 Å². The van der Waals surface area contributed by atoms with Crippen molar-refractivity contribution in [3.8, 4) is 17.1 Å². The molecule has 0 fully saturated rings. The summed E-state index contributed by atoms with van der Waals surface area (Å²) in [6, 6.07) is 25.4. The lowest BCUT2D eigenvalue weighted by molar-refractivity contribution is -0.118. The number of hydrazone groups is 1. The quantitative estimate of drug-likeness (QED) is 0.176. The molecule has 160 valence electrons. The van der Waals surface area contributed by atoms with E-state index in [0.29, 0.717) is 11.0 Å². The predicted molar refractivity (Wildman–Crippen MR) is 135 cm³/mol. The van der Waals surface area contributed by atoms with Crippen molar-refractivity contribution in [1.82, 2.24) is 20.2 Å². The van der Waals surface area contributed by atoms with Gasteiger partial charge in [0, 0.05) is 20.2 Å². The summed E-state index contributed by atoms with van der Waals surface area (Å²) >= 11 is 8.18. The van der Waals surface area contributed by atoms with Crippen LogP contribution in [0, 0.1) is 0 Å². The predicted octanol–water partition coefficient (Wildman–Crippen LogP) is 5.70. The number of aromatic nitrogens is 3. The topological polar surface area (TPSA) is 72.2 Å². The second-order valence-electron chi connectivity index (χ2n) is 6.62. The fraction of sp³-hybridized carbons (Fsp3) is 0.0435. The zero-order valence-corrected chi connectivity index (χ0v) is 20.6. The molecular weight excluding hydrogens is 554 g/mol. The van der Waals surface area contributed by atoms with Gasteiger partial charge in [0.25, 0.3) is 5.91 Å². The highest BCUT2D eigenvalue weighted by Gasteiger charge is 2.17. The average molecular weight is 571 g/mol. The molecule has 1 N–H and O–H groups in total. The van der Waals surface area contributed by atoms with Crippen molar-refractivity contribution in [1.29, 1.82) is 0 Å². The average Bonchev–Trinajstić information content (AvgIpc) is 3.23. The molecule has 0 unspecified atom stereocenters. The smallest absolute Gasteiger partial charge is 0.250 e. The van der Waals surface area contributed by atoms with Crippen molar-refractivity contribution in [2.24, 2.45) is 5.10 Å². The molecular formula is C23H17Br2N5OS. The summed E-state index contributed by atoms with van der Waals surface area (Å²) in [5, 5.41) is 13.4. The summed E-state index contributed by atoms with van der Waals surface area (Å²) < 4.78 is 3.89. The maximum atomic E-state index is 12.3. The number of nitrogens with zero attached hydrogens (tertiary/aromatic N) is 4. The number of thioether (sulfide) groups is 1. The van der Waals surface area contributed by atoms with Crippen LogP contribution in [0.2, 0.25) is 0 Å². The molecule has 0 aliphatic carbocycles. The molecule has 1 amide bonds. The van der Waals surface area contributed by atoms with Gasteiger partial charge in [-0.1, -0.05) is 86.1 Å². The number of carbonyl (C=O) groups excluding carboxylic acids is 1. The summed E-state index contributed by atoms with van der Waals surface area (Å²) in [7, 11) is 0. The Morgan fingerprint density at radius 3 is 2.50 bits per heavy atom. The van der Waals surface area contributed by atoms with Crippen molar-refractivity contribution >= 4 is 55.7 Å². The van der Waals surface area contributed by atoms with Crippen LogP contribution >= 0.6 is 43.6 Å². The lowest BCUT2D eigenvalue weighted by atomic mass is 10.2. The van der Waals surface area contributed by atoms with E-state index in [0.717, 1.165) is 25.8 Å². The van der Waals surface area contributed by atoms with E-state index in [1.807, 2.05) is 83.4 Å². The number of hydrogen-bond acceptors (Lipinski definition) is 5. The number of halogens is 2. The van der Waals surface area contributed by atoms with Crippen LogP contribution in [0.25, 0.3) is 17.1 Å². The fourth-order valence-electron chi connectivity index (χ4n) is 2.89. The van der Waals surface area contributed by atoms with Gasteiger partial charge in [-0.15, -0.1) is 10.2 Å². The minimum absolute atomic E-state index is 0.154. The minimum Gasteiger partial charge on any atom is -0.272 e. The first-order chi connectivity index (χ1) is 15.6. The van der Waals surface area contributed by atoms with Crippen molar-refractivity contribution in [2.45, 2.75) is 5.16 Å². The monoisotopic (exact) mass is 569 g/mol. The molecule has 1 aromatic heterocycles. The van der Waals surface area contributed by atoms with Crippen LogP contribution in [0.15, 0.2) is 98.1 Å². The summed E-state index contributed by atoms with van der Waals surface area (Å²) in [5.41, 5.74) is 5.29. The lowest BCUT2D eigenvalue weighted by Crippen LogP contribution is -2.20. The number of para-hydroxylation sites is 1. The van der Waals surface area contributed by atoms with E-state index in [-0.39, 0.29) is 11.7 Å². The Kier molecular flexibility index (Phi) is 7.51. The van der Waals surface area contributed by atoms with Crippen LogP contribution in [0.1, 0.15) is 5.56 Å². The first-order valence-electron chi connectivity index (χ1n) is 9.57. The van der Waals surface area contributed by atoms with Gasteiger partial charge in [0.2, 0.25) is 0 Å². The van der Waals surface area contributed by atoms with E-state index in [2.05, 4.69) is 52.6 Å². The number of rotatable bonds is 7. The summed E-state index contributed by atoms with van der Waals surface area (Å²) in [5.74, 6) is 0.634. The second kappa shape index (κ2) is 10.7. The molecule has 4 rings (SSSR count). The minimum atomic E-state index is -0.228. The number of carbonyl (C=O) groups is 1. The van der Waals surface area contributed by atoms with Gasteiger partial charge < -0.3 is 0 Å². The van der Waals surface area contributed by atoms with E-state index in [4.69, 9.17) is 0 Å². The molecule has 6 nitrogen and oxygen atoms in total. The highest BCUT2D eigenvalue weighted by molar-refractivity contribution is 9.10. The van der Waals surface area contributed by atoms with Gasteiger partial charge in [0.1, 0.15) is 0 Å². The second-order valence-corrected chi connectivity index (χ2v) is 9.39. The molecule has 3 aromatic carbocycles. The Labute approximate surface area is 206 Å². The van der Waals surface area contributed by atoms with Gasteiger partial charge in [-0.3, -0.25) is 9.36 Å². The molecule has 4 aromatic rings. The number of amides is 1. The Hall–Kier alpha value is -2.75. The molecule has 0 aliphatic heterocycles. The number of benzene rings is 3. The molecule has 0 aliphatic rings. The van der Waals surface area contributed by atoms with Crippen molar-refractivity contribution in [3.05, 3.63) is 93.4 Å². The third-order valence-corrected chi connectivity index (χ3v) is 6.28. The fourth-order valence-corrected chi connectivity index (χ4v) is 4.31. The van der Waals surface area contributed by atoms with Gasteiger partial charge in [0.05, 0.1) is 12.0 Å². The molecule has 9 heteroatoms. The zero-order valence-electron chi connectivity index (χ0n) is 16.7. The first kappa shape index (κ1) is 22.4. The van der Waals surface area contributed by atoms with Crippen LogP contribution in [0.5, 0.6) is 0 Å². The summed E-state index contributed by atoms with van der Waals surface area (Å²) in [6.07, 6.45) is 1.60. The molecule has 0 bridgehead atoms. The van der Waals surface area contributed by atoms with E-state index in [1.165, 1.54) is 11.8 Å². The number of hydrogen-bond donors (Lipinski definition) is 1. The van der Waals surface area contributed by atoms with Crippen LogP contribution < -0.4 is 5.43 Å². The first-order valence-corrected chi connectivity index (χ1v) is 12.1. The SMILES string of the molecule is O=C(CSc1nnc(-c2ccc(Br)cc2)n1-c1ccccc1)N/N=C\c1cccc(Br)c1. The summed E-state index contributed by atoms with van der Waals surface area (Å²) in [4.78, 5) is 12.3. The maximum absolute atomic E-state index is 12.3. The third-order valence-electron chi connectivity index (χ3n) is 4.33. The van der Waals surface area contributed by atoms with E-state index in [9.17, 15) is 4.79 Å². The third kappa shape index (κ3) is 5.73. The van der Waals surface area contributed by atoms with Crippen molar-refractivity contribution in [2.75, 3.05) is 5.75 Å². The Balaban J connectivity index is 1.49. The van der Waals surface area contributed by atoms with Gasteiger partial charge in [0.15, 0.2) is 11.0 Å². The van der Waals surface area contributed by atoms with Gasteiger partial charge in [-0.05, 0) is 42.0 Å². The van der Waals surface area contributed by atoms with Crippen LogP contribution in [-0.4, -0.2) is 32.6 Å². The van der Waals surface area contributed by atoms with E-state index >= 15 is 0 Å². The van der Waals surface area contributed by atoms with Gasteiger partial charge in [-0.2, -0.15) is 5.10 Å². The van der Waals surface area contributed by atoms with E-state index in [1.54, 1.807) is 6.21 Å². The Morgan fingerprint density at radius 1 is 0.969 bits per heavy atom. The molecule has 0 saturated carbocycles. The normalized spacial score (nSPS) is 11.1.